The van der Waals surface area contributed by atoms with Crippen LogP contribution in [0.15, 0.2) is 47.4 Å². The first kappa shape index (κ1) is 19.4. The highest BCUT2D eigenvalue weighted by Gasteiger charge is 2.17. The topological polar surface area (TPSA) is 75.3 Å². The number of carbonyl (C=O) groups excluding carboxylic acids is 1. The van der Waals surface area contributed by atoms with Crippen LogP contribution in [0.25, 0.3) is 0 Å². The third kappa shape index (κ3) is 5.04. The maximum Gasteiger partial charge on any atom is 0.241 e. The number of benzene rings is 2. The molecule has 2 aromatic carbocycles. The average molecular weight is 381 g/mol. The molecule has 134 valence electrons. The first-order valence-corrected chi connectivity index (χ1v) is 9.71. The summed E-state index contributed by atoms with van der Waals surface area (Å²) in [5.41, 5.74) is 2.66. The number of halogens is 1. The van der Waals surface area contributed by atoms with Crippen molar-refractivity contribution < 1.29 is 13.2 Å². The number of anilines is 1. The Kier molecular flexibility index (Phi) is 6.21. The summed E-state index contributed by atoms with van der Waals surface area (Å²) >= 11 is 5.81. The van der Waals surface area contributed by atoms with Crippen LogP contribution < -0.4 is 10.0 Å². The fourth-order valence-electron chi connectivity index (χ4n) is 2.40. The van der Waals surface area contributed by atoms with Crippen LogP contribution in [-0.4, -0.2) is 20.9 Å². The molecule has 0 bridgehead atoms. The maximum atomic E-state index is 12.2. The van der Waals surface area contributed by atoms with Crippen molar-refractivity contribution in [2.75, 3.05) is 11.9 Å². The van der Waals surface area contributed by atoms with Crippen molar-refractivity contribution in [2.45, 2.75) is 31.6 Å². The molecule has 1 amide bonds. The second kappa shape index (κ2) is 7.99. The maximum absolute atomic E-state index is 12.2. The Morgan fingerprint density at radius 3 is 2.48 bits per heavy atom. The summed E-state index contributed by atoms with van der Waals surface area (Å²) < 4.78 is 26.8. The van der Waals surface area contributed by atoms with E-state index in [1.165, 1.54) is 12.1 Å². The molecular weight excluding hydrogens is 360 g/mol. The zero-order chi connectivity index (χ0) is 18.6. The minimum absolute atomic E-state index is 0.0200. The smallest absolute Gasteiger partial charge is 0.241 e. The van der Waals surface area contributed by atoms with E-state index in [-0.39, 0.29) is 17.4 Å². The fourth-order valence-corrected chi connectivity index (χ4v) is 3.69. The van der Waals surface area contributed by atoms with E-state index in [0.29, 0.717) is 5.02 Å². The molecule has 0 fully saturated rings. The lowest BCUT2D eigenvalue weighted by molar-refractivity contribution is -0.115. The van der Waals surface area contributed by atoms with Gasteiger partial charge in [0.05, 0.1) is 11.4 Å². The van der Waals surface area contributed by atoms with E-state index in [4.69, 9.17) is 11.6 Å². The Morgan fingerprint density at radius 1 is 1.16 bits per heavy atom. The predicted octanol–water partition coefficient (Wildman–Crippen LogP) is 3.69. The summed E-state index contributed by atoms with van der Waals surface area (Å²) in [5, 5.41) is 3.12. The summed E-state index contributed by atoms with van der Waals surface area (Å²) in [6.45, 7) is 5.61. The minimum Gasteiger partial charge on any atom is -0.324 e. The van der Waals surface area contributed by atoms with Gasteiger partial charge in [-0.15, -0.1) is 0 Å². The SMILES string of the molecule is Cc1cccc(C(C)C)c1NC(=O)CNS(=O)(=O)c1cccc(Cl)c1. The van der Waals surface area contributed by atoms with E-state index in [1.54, 1.807) is 12.1 Å². The van der Waals surface area contributed by atoms with Crippen molar-refractivity contribution in [3.63, 3.8) is 0 Å². The molecule has 0 aliphatic heterocycles. The zero-order valence-electron chi connectivity index (χ0n) is 14.3. The Bertz CT molecular complexity index is 880. The van der Waals surface area contributed by atoms with Crippen LogP contribution in [0.2, 0.25) is 5.02 Å². The molecule has 2 N–H and O–H groups in total. The van der Waals surface area contributed by atoms with E-state index < -0.39 is 15.9 Å². The summed E-state index contributed by atoms with van der Waals surface area (Å²) in [6, 6.07) is 11.7. The normalized spacial score (nSPS) is 11.6. The molecule has 2 rings (SSSR count). The number of rotatable bonds is 6. The molecule has 0 saturated carbocycles. The van der Waals surface area contributed by atoms with Gasteiger partial charge in [-0.2, -0.15) is 0 Å². The molecular formula is C18H21ClN2O3S. The number of amides is 1. The molecule has 0 unspecified atom stereocenters. The van der Waals surface area contributed by atoms with Crippen LogP contribution in [0.3, 0.4) is 0 Å². The minimum atomic E-state index is -3.80. The van der Waals surface area contributed by atoms with E-state index in [2.05, 4.69) is 10.0 Å². The summed E-state index contributed by atoms with van der Waals surface area (Å²) in [5.74, 6) is -0.194. The van der Waals surface area contributed by atoms with Gasteiger partial charge in [0.15, 0.2) is 0 Å². The van der Waals surface area contributed by atoms with Gasteiger partial charge in [-0.05, 0) is 42.2 Å². The molecule has 0 saturated heterocycles. The first-order valence-electron chi connectivity index (χ1n) is 7.85. The van der Waals surface area contributed by atoms with Crippen molar-refractivity contribution in [1.82, 2.24) is 4.72 Å². The molecule has 0 spiro atoms. The fraction of sp³-hybridized carbons (Fsp3) is 0.278. The van der Waals surface area contributed by atoms with Gasteiger partial charge in [-0.1, -0.05) is 49.7 Å². The summed E-state index contributed by atoms with van der Waals surface area (Å²) in [6.07, 6.45) is 0. The van der Waals surface area contributed by atoms with Crippen LogP contribution in [0.1, 0.15) is 30.9 Å². The summed E-state index contributed by atoms with van der Waals surface area (Å²) in [4.78, 5) is 12.2. The Morgan fingerprint density at radius 2 is 1.84 bits per heavy atom. The van der Waals surface area contributed by atoms with Gasteiger partial charge in [0.2, 0.25) is 15.9 Å². The third-order valence-corrected chi connectivity index (χ3v) is 5.35. The van der Waals surface area contributed by atoms with Crippen LogP contribution in [-0.2, 0) is 14.8 Å². The Balaban J connectivity index is 2.09. The molecule has 7 heteroatoms. The number of hydrogen-bond acceptors (Lipinski definition) is 3. The molecule has 0 aliphatic carbocycles. The van der Waals surface area contributed by atoms with Gasteiger partial charge < -0.3 is 5.32 Å². The van der Waals surface area contributed by atoms with Crippen molar-refractivity contribution in [3.05, 3.63) is 58.6 Å². The van der Waals surface area contributed by atoms with Gasteiger partial charge >= 0.3 is 0 Å². The molecule has 5 nitrogen and oxygen atoms in total. The second-order valence-corrected chi connectivity index (χ2v) is 8.23. The molecule has 2 aromatic rings. The van der Waals surface area contributed by atoms with E-state index in [0.717, 1.165) is 16.8 Å². The van der Waals surface area contributed by atoms with Crippen LogP contribution in [0.4, 0.5) is 5.69 Å². The van der Waals surface area contributed by atoms with Crippen molar-refractivity contribution >= 4 is 33.2 Å². The molecule has 0 aromatic heterocycles. The lowest BCUT2D eigenvalue weighted by Crippen LogP contribution is -2.33. The highest BCUT2D eigenvalue weighted by molar-refractivity contribution is 7.89. The zero-order valence-corrected chi connectivity index (χ0v) is 15.9. The van der Waals surface area contributed by atoms with Gasteiger partial charge in [0.1, 0.15) is 0 Å². The monoisotopic (exact) mass is 380 g/mol. The first-order chi connectivity index (χ1) is 11.7. The largest absolute Gasteiger partial charge is 0.324 e. The molecule has 0 heterocycles. The standard InChI is InChI=1S/C18H21ClN2O3S/c1-12(2)16-9-4-6-13(3)18(16)21-17(22)11-20-25(23,24)15-8-5-7-14(19)10-15/h4-10,12,20H,11H2,1-3H3,(H,21,22). The Labute approximate surface area is 153 Å². The third-order valence-electron chi connectivity index (χ3n) is 3.72. The lowest BCUT2D eigenvalue weighted by atomic mass is 9.98. The second-order valence-electron chi connectivity index (χ2n) is 6.02. The van der Waals surface area contributed by atoms with Gasteiger partial charge in [0, 0.05) is 10.7 Å². The number of nitrogens with one attached hydrogen (secondary N) is 2. The molecule has 0 aliphatic rings. The van der Waals surface area contributed by atoms with Crippen LogP contribution >= 0.6 is 11.6 Å². The highest BCUT2D eigenvalue weighted by atomic mass is 35.5. The number of sulfonamides is 1. The van der Waals surface area contributed by atoms with Crippen LogP contribution in [0, 0.1) is 6.92 Å². The van der Waals surface area contributed by atoms with Crippen LogP contribution in [0.5, 0.6) is 0 Å². The lowest BCUT2D eigenvalue weighted by Gasteiger charge is -2.16. The van der Waals surface area contributed by atoms with Gasteiger partial charge in [-0.25, -0.2) is 13.1 Å². The van der Waals surface area contributed by atoms with Gasteiger partial charge in [0.25, 0.3) is 0 Å². The van der Waals surface area contributed by atoms with E-state index in [9.17, 15) is 13.2 Å². The average Bonchev–Trinajstić information content (AvgIpc) is 2.55. The molecule has 25 heavy (non-hydrogen) atoms. The number of carbonyl (C=O) groups is 1. The number of hydrogen-bond donors (Lipinski definition) is 2. The number of aryl methyl sites for hydroxylation is 1. The summed E-state index contributed by atoms with van der Waals surface area (Å²) in [7, 11) is -3.80. The number of para-hydroxylation sites is 1. The highest BCUT2D eigenvalue weighted by Crippen LogP contribution is 2.27. The van der Waals surface area contributed by atoms with Crippen molar-refractivity contribution in [1.29, 1.82) is 0 Å². The molecule has 0 atom stereocenters. The van der Waals surface area contributed by atoms with Gasteiger partial charge in [-0.3, -0.25) is 4.79 Å². The van der Waals surface area contributed by atoms with Crippen molar-refractivity contribution in [2.24, 2.45) is 0 Å². The quantitative estimate of drug-likeness (QED) is 0.802. The van der Waals surface area contributed by atoms with Crippen molar-refractivity contribution in [3.8, 4) is 0 Å². The predicted molar refractivity (Wildman–Crippen MR) is 101 cm³/mol. The Hall–Kier alpha value is -1.89. The van der Waals surface area contributed by atoms with E-state index >= 15 is 0 Å². The van der Waals surface area contributed by atoms with E-state index in [1.807, 2.05) is 39.0 Å². The molecule has 0 radical (unpaired) electrons.